The number of carboxylic acid groups (broad SMARTS) is 1. The maximum Gasteiger partial charge on any atom is 0.334 e. The Hall–Kier alpha value is -1.91. The molecular formula is C10H14O5. The highest BCUT2D eigenvalue weighted by Gasteiger charge is 2.08. The molecule has 0 amide bonds. The predicted molar refractivity (Wildman–Crippen MR) is 53.7 cm³/mol. The molecule has 5 nitrogen and oxygen atoms in total. The predicted octanol–water partition coefficient (Wildman–Crippen LogP) is 1.64. The first-order chi connectivity index (χ1) is 7.11. The Balaban J connectivity index is 4.15. The van der Waals surface area contributed by atoms with E-state index in [-0.39, 0.29) is 12.2 Å². The lowest BCUT2D eigenvalue weighted by atomic mass is 10.3. The second-order valence-corrected chi connectivity index (χ2v) is 2.47. The lowest BCUT2D eigenvalue weighted by molar-refractivity contribution is -0.133. The lowest BCUT2D eigenvalue weighted by Gasteiger charge is -2.15. The number of hydrogen-bond donors (Lipinski definition) is 1. The van der Waals surface area contributed by atoms with Crippen LogP contribution in [0.2, 0.25) is 0 Å². The van der Waals surface area contributed by atoms with Gasteiger partial charge in [-0.25, -0.2) is 4.79 Å². The summed E-state index contributed by atoms with van der Waals surface area (Å²) in [6, 6.07) is 0. The number of aliphatic carboxylic acids is 1. The van der Waals surface area contributed by atoms with E-state index in [0.29, 0.717) is 0 Å². The summed E-state index contributed by atoms with van der Waals surface area (Å²) in [5, 5.41) is 8.54. The van der Waals surface area contributed by atoms with Crippen molar-refractivity contribution in [3.8, 4) is 0 Å². The van der Waals surface area contributed by atoms with E-state index in [1.54, 1.807) is 0 Å². The van der Waals surface area contributed by atoms with Gasteiger partial charge >= 0.3 is 5.97 Å². The van der Waals surface area contributed by atoms with Crippen LogP contribution >= 0.6 is 0 Å². The van der Waals surface area contributed by atoms with Gasteiger partial charge in [0.2, 0.25) is 0 Å². The summed E-state index contributed by atoms with van der Waals surface area (Å²) in [5.41, 5.74) is 0.0614. The van der Waals surface area contributed by atoms with E-state index in [9.17, 15) is 4.79 Å². The molecule has 1 unspecified atom stereocenters. The summed E-state index contributed by atoms with van der Waals surface area (Å²) in [5.74, 6) is -1.06. The van der Waals surface area contributed by atoms with Crippen molar-refractivity contribution in [3.05, 3.63) is 37.5 Å². The van der Waals surface area contributed by atoms with Gasteiger partial charge in [-0.2, -0.15) is 0 Å². The Morgan fingerprint density at radius 1 is 1.40 bits per heavy atom. The number of carboxylic acids is 1. The molecule has 0 aliphatic carbocycles. The molecule has 1 atom stereocenters. The zero-order valence-electron chi connectivity index (χ0n) is 8.51. The molecule has 0 aromatic carbocycles. The topological polar surface area (TPSA) is 65.0 Å². The molecule has 0 fully saturated rings. The minimum absolute atomic E-state index is 0.0614. The molecule has 0 aromatic heterocycles. The van der Waals surface area contributed by atoms with E-state index >= 15 is 0 Å². The van der Waals surface area contributed by atoms with Crippen molar-refractivity contribution < 1.29 is 24.1 Å². The molecule has 5 heteroatoms. The molecule has 15 heavy (non-hydrogen) atoms. The molecule has 0 radical (unpaired) electrons. The summed E-state index contributed by atoms with van der Waals surface area (Å²) >= 11 is 0. The maximum absolute atomic E-state index is 10.4. The van der Waals surface area contributed by atoms with Crippen molar-refractivity contribution >= 4 is 5.97 Å². The molecule has 84 valence electrons. The first-order valence-electron chi connectivity index (χ1n) is 4.16. The van der Waals surface area contributed by atoms with E-state index in [1.807, 2.05) is 0 Å². The third kappa shape index (κ3) is 6.20. The SMILES string of the molecule is C=COCC(OC=C)OC=C(C)C(=O)O. The van der Waals surface area contributed by atoms with Crippen LogP contribution in [0.1, 0.15) is 6.92 Å². The van der Waals surface area contributed by atoms with Crippen LogP contribution in [-0.2, 0) is 19.0 Å². The van der Waals surface area contributed by atoms with Crippen molar-refractivity contribution in [2.24, 2.45) is 0 Å². The molecule has 0 aliphatic rings. The van der Waals surface area contributed by atoms with Crippen LogP contribution in [0, 0.1) is 0 Å². The Morgan fingerprint density at radius 2 is 2.07 bits per heavy atom. The smallest absolute Gasteiger partial charge is 0.334 e. The van der Waals surface area contributed by atoms with Gasteiger partial charge in [0.25, 0.3) is 6.29 Å². The quantitative estimate of drug-likeness (QED) is 0.378. The van der Waals surface area contributed by atoms with Crippen LogP contribution in [0.25, 0.3) is 0 Å². The minimum Gasteiger partial charge on any atom is -0.494 e. The second kappa shape index (κ2) is 7.49. The molecular weight excluding hydrogens is 200 g/mol. The summed E-state index contributed by atoms with van der Waals surface area (Å²) in [6.07, 6.45) is 2.76. The van der Waals surface area contributed by atoms with Crippen LogP contribution in [0.3, 0.4) is 0 Å². The molecule has 0 saturated carbocycles. The summed E-state index contributed by atoms with van der Waals surface area (Å²) in [6.45, 7) is 8.20. The van der Waals surface area contributed by atoms with Gasteiger partial charge in [-0.15, -0.1) is 0 Å². The molecule has 0 bridgehead atoms. The molecule has 0 rings (SSSR count). The fraction of sp³-hybridized carbons (Fsp3) is 0.300. The minimum atomic E-state index is -1.06. The zero-order valence-corrected chi connectivity index (χ0v) is 8.51. The highest BCUT2D eigenvalue weighted by molar-refractivity contribution is 5.85. The third-order valence-electron chi connectivity index (χ3n) is 1.33. The summed E-state index contributed by atoms with van der Waals surface area (Å²) in [4.78, 5) is 10.4. The van der Waals surface area contributed by atoms with Crippen LogP contribution in [0.15, 0.2) is 37.5 Å². The standard InChI is InChI=1S/C10H14O5/c1-4-13-7-9(14-5-2)15-6-8(3)10(11)12/h4-6,9H,1-2,7H2,3H3,(H,11,12). The average molecular weight is 214 g/mol. The van der Waals surface area contributed by atoms with Gasteiger partial charge in [-0.1, -0.05) is 13.2 Å². The van der Waals surface area contributed by atoms with Crippen molar-refractivity contribution in [2.75, 3.05) is 6.61 Å². The maximum atomic E-state index is 10.4. The largest absolute Gasteiger partial charge is 0.494 e. The Kier molecular flexibility index (Phi) is 6.54. The Bertz CT molecular complexity index is 257. The van der Waals surface area contributed by atoms with Crippen LogP contribution in [0.4, 0.5) is 0 Å². The van der Waals surface area contributed by atoms with Gasteiger partial charge in [-0.05, 0) is 6.92 Å². The summed E-state index contributed by atoms with van der Waals surface area (Å²) < 4.78 is 14.7. The van der Waals surface area contributed by atoms with Gasteiger partial charge in [0, 0.05) is 0 Å². The van der Waals surface area contributed by atoms with E-state index in [1.165, 1.54) is 19.4 Å². The van der Waals surface area contributed by atoms with Gasteiger partial charge in [-0.3, -0.25) is 0 Å². The fourth-order valence-corrected chi connectivity index (χ4v) is 0.593. The molecule has 1 N–H and O–H groups in total. The van der Waals surface area contributed by atoms with Gasteiger partial charge in [0.15, 0.2) is 6.61 Å². The van der Waals surface area contributed by atoms with Crippen molar-refractivity contribution in [1.29, 1.82) is 0 Å². The second-order valence-electron chi connectivity index (χ2n) is 2.47. The normalized spacial score (nSPS) is 12.5. The highest BCUT2D eigenvalue weighted by atomic mass is 16.7. The van der Waals surface area contributed by atoms with Crippen LogP contribution in [0.5, 0.6) is 0 Å². The zero-order chi connectivity index (χ0) is 11.7. The number of hydrogen-bond acceptors (Lipinski definition) is 4. The molecule has 0 saturated heterocycles. The molecule has 0 aliphatic heterocycles. The van der Waals surface area contributed by atoms with Crippen LogP contribution < -0.4 is 0 Å². The first kappa shape index (κ1) is 13.1. The van der Waals surface area contributed by atoms with E-state index < -0.39 is 12.3 Å². The lowest BCUT2D eigenvalue weighted by Crippen LogP contribution is -2.18. The molecule has 0 heterocycles. The average Bonchev–Trinajstić information content (AvgIpc) is 2.21. The number of rotatable bonds is 8. The highest BCUT2D eigenvalue weighted by Crippen LogP contribution is 2.01. The van der Waals surface area contributed by atoms with Crippen molar-refractivity contribution in [1.82, 2.24) is 0 Å². The van der Waals surface area contributed by atoms with Gasteiger partial charge < -0.3 is 19.3 Å². The van der Waals surface area contributed by atoms with E-state index in [0.717, 1.165) is 6.26 Å². The van der Waals surface area contributed by atoms with Gasteiger partial charge in [0.1, 0.15) is 0 Å². The molecule has 0 aromatic rings. The van der Waals surface area contributed by atoms with Crippen molar-refractivity contribution in [2.45, 2.75) is 13.2 Å². The fourth-order valence-electron chi connectivity index (χ4n) is 0.593. The van der Waals surface area contributed by atoms with Gasteiger partial charge in [0.05, 0.1) is 24.4 Å². The Labute approximate surface area is 88.3 Å². The van der Waals surface area contributed by atoms with E-state index in [4.69, 9.17) is 19.3 Å². The monoisotopic (exact) mass is 214 g/mol. The number of carbonyl (C=O) groups is 1. The third-order valence-corrected chi connectivity index (χ3v) is 1.33. The first-order valence-corrected chi connectivity index (χ1v) is 4.16. The van der Waals surface area contributed by atoms with Crippen LogP contribution in [-0.4, -0.2) is 24.0 Å². The van der Waals surface area contributed by atoms with E-state index in [2.05, 4.69) is 13.2 Å². The molecule has 0 spiro atoms. The number of ether oxygens (including phenoxy) is 3. The Morgan fingerprint density at radius 3 is 2.53 bits per heavy atom. The summed E-state index contributed by atoms with van der Waals surface area (Å²) in [7, 11) is 0. The van der Waals surface area contributed by atoms with Crippen molar-refractivity contribution in [3.63, 3.8) is 0 Å².